The Kier molecular flexibility index (Phi) is 7.38. The monoisotopic (exact) mass is 569 g/mol. The quantitative estimate of drug-likeness (QED) is 0.335. The molecule has 1 aromatic carbocycles. The number of nitrogens with zero attached hydrogens (tertiary/aromatic N) is 5. The third-order valence-electron chi connectivity index (χ3n) is 6.95. The van der Waals surface area contributed by atoms with Gasteiger partial charge in [0.1, 0.15) is 10.8 Å². The molecule has 1 saturated heterocycles. The minimum absolute atomic E-state index is 0.0318. The van der Waals surface area contributed by atoms with E-state index >= 15 is 0 Å². The summed E-state index contributed by atoms with van der Waals surface area (Å²) in [4.78, 5) is 31.8. The number of hydrogen-bond acceptors (Lipinski definition) is 7. The molecular formula is C25H24ClF4N5O4. The van der Waals surface area contributed by atoms with Crippen LogP contribution in [0.5, 0.6) is 0 Å². The minimum atomic E-state index is -4.91. The fourth-order valence-corrected chi connectivity index (χ4v) is 5.31. The van der Waals surface area contributed by atoms with Gasteiger partial charge in [0.05, 0.1) is 43.1 Å². The first-order chi connectivity index (χ1) is 18.6. The molecule has 0 spiro atoms. The number of carbonyl (C=O) groups excluding carboxylic acids is 1. The lowest BCUT2D eigenvalue weighted by molar-refractivity contribution is -0.145. The number of ether oxygens (including phenoxy) is 2. The molecule has 4 heterocycles. The Labute approximate surface area is 224 Å². The third-order valence-corrected chi connectivity index (χ3v) is 7.31. The van der Waals surface area contributed by atoms with E-state index in [-0.39, 0.29) is 18.0 Å². The molecule has 2 aromatic heterocycles. The summed E-state index contributed by atoms with van der Waals surface area (Å²) in [5.74, 6) is -2.05. The van der Waals surface area contributed by atoms with Crippen molar-refractivity contribution in [3.63, 3.8) is 0 Å². The second-order valence-electron chi connectivity index (χ2n) is 9.29. The summed E-state index contributed by atoms with van der Waals surface area (Å²) < 4.78 is 68.1. The Morgan fingerprint density at radius 3 is 2.77 bits per heavy atom. The highest BCUT2D eigenvalue weighted by atomic mass is 35.5. The maximum absolute atomic E-state index is 13.8. The normalized spacial score (nSPS) is 18.5. The number of anilines is 1. The summed E-state index contributed by atoms with van der Waals surface area (Å²) >= 11 is 6.45. The highest BCUT2D eigenvalue weighted by Gasteiger charge is 2.40. The average molecular weight is 570 g/mol. The maximum Gasteiger partial charge on any atom is 0.416 e. The molecule has 0 amide bonds. The number of benzene rings is 1. The Balaban J connectivity index is 1.47. The Morgan fingerprint density at radius 1 is 1.28 bits per heavy atom. The van der Waals surface area contributed by atoms with Crippen molar-refractivity contribution in [3.8, 4) is 0 Å². The van der Waals surface area contributed by atoms with Crippen LogP contribution in [0, 0.1) is 5.82 Å². The molecule has 39 heavy (non-hydrogen) atoms. The molecule has 2 unspecified atom stereocenters. The van der Waals surface area contributed by atoms with Crippen molar-refractivity contribution >= 4 is 23.3 Å². The third kappa shape index (κ3) is 5.12. The van der Waals surface area contributed by atoms with Gasteiger partial charge in [0, 0.05) is 25.3 Å². The fourth-order valence-electron chi connectivity index (χ4n) is 5.05. The lowest BCUT2D eigenvalue weighted by Crippen LogP contribution is -2.36. The lowest BCUT2D eigenvalue weighted by Gasteiger charge is -2.31. The standard InChI is InChI=1S/C25H24ClF4N5O4/c1-38-24(37)22(15-6-5-14(27)10-16(15)25(28,29)30)34-13-31-17-12-33(8-7-18(17)34)19-11-32-35(23(36)21(19)26)20-4-2-3-9-39-20/h5-6,10-11,13,20,22H,2-4,7-9,12H2,1H3. The summed E-state index contributed by atoms with van der Waals surface area (Å²) in [5, 5.41) is 4.24. The number of esters is 1. The van der Waals surface area contributed by atoms with Crippen LogP contribution < -0.4 is 10.5 Å². The van der Waals surface area contributed by atoms with Crippen molar-refractivity contribution < 1.29 is 31.8 Å². The van der Waals surface area contributed by atoms with E-state index in [0.717, 1.165) is 32.1 Å². The first-order valence-electron chi connectivity index (χ1n) is 12.2. The number of hydrogen-bond donors (Lipinski definition) is 0. The van der Waals surface area contributed by atoms with Crippen LogP contribution in [0.15, 0.2) is 35.5 Å². The van der Waals surface area contributed by atoms with Crippen LogP contribution in [0.3, 0.4) is 0 Å². The van der Waals surface area contributed by atoms with Gasteiger partial charge in [-0.05, 0) is 37.0 Å². The summed E-state index contributed by atoms with van der Waals surface area (Å²) in [6.45, 7) is 1.01. The zero-order chi connectivity index (χ0) is 27.9. The second kappa shape index (κ2) is 10.6. The van der Waals surface area contributed by atoms with Crippen LogP contribution in [-0.2, 0) is 33.4 Å². The first kappa shape index (κ1) is 27.1. The lowest BCUT2D eigenvalue weighted by atomic mass is 9.98. The molecule has 2 aliphatic rings. The highest BCUT2D eigenvalue weighted by Crippen LogP contribution is 2.38. The molecule has 3 aromatic rings. The number of carbonyl (C=O) groups is 1. The van der Waals surface area contributed by atoms with Crippen molar-refractivity contribution in [1.29, 1.82) is 0 Å². The van der Waals surface area contributed by atoms with E-state index in [1.807, 2.05) is 0 Å². The van der Waals surface area contributed by atoms with Crippen LogP contribution in [0.4, 0.5) is 23.2 Å². The smallest absolute Gasteiger partial charge is 0.416 e. The molecular weight excluding hydrogens is 546 g/mol. The summed E-state index contributed by atoms with van der Waals surface area (Å²) in [7, 11) is 1.06. The molecule has 0 aliphatic carbocycles. The van der Waals surface area contributed by atoms with Gasteiger partial charge in [0.15, 0.2) is 12.3 Å². The second-order valence-corrected chi connectivity index (χ2v) is 9.66. The van der Waals surface area contributed by atoms with Crippen molar-refractivity contribution in [2.75, 3.05) is 25.2 Å². The molecule has 14 heteroatoms. The summed E-state index contributed by atoms with van der Waals surface area (Å²) in [5.41, 5.74) is -0.860. The highest BCUT2D eigenvalue weighted by molar-refractivity contribution is 6.33. The zero-order valence-corrected chi connectivity index (χ0v) is 21.5. The van der Waals surface area contributed by atoms with Crippen molar-refractivity contribution in [1.82, 2.24) is 19.3 Å². The van der Waals surface area contributed by atoms with Gasteiger partial charge in [-0.2, -0.15) is 23.0 Å². The fraction of sp³-hybridized carbons (Fsp3) is 0.440. The minimum Gasteiger partial charge on any atom is -0.467 e. The van der Waals surface area contributed by atoms with E-state index in [9.17, 15) is 27.2 Å². The molecule has 0 saturated carbocycles. The van der Waals surface area contributed by atoms with Gasteiger partial charge >= 0.3 is 12.1 Å². The van der Waals surface area contributed by atoms with E-state index in [2.05, 4.69) is 10.1 Å². The van der Waals surface area contributed by atoms with Crippen molar-refractivity contribution in [2.24, 2.45) is 0 Å². The van der Waals surface area contributed by atoms with Crippen LogP contribution in [0.1, 0.15) is 54.0 Å². The van der Waals surface area contributed by atoms with E-state index in [0.29, 0.717) is 42.7 Å². The predicted molar refractivity (Wildman–Crippen MR) is 131 cm³/mol. The number of methoxy groups -OCH3 is 1. The van der Waals surface area contributed by atoms with Crippen molar-refractivity contribution in [3.05, 3.63) is 74.4 Å². The van der Waals surface area contributed by atoms with Gasteiger partial charge in [0.2, 0.25) is 0 Å². The molecule has 9 nitrogen and oxygen atoms in total. The number of aromatic nitrogens is 4. The van der Waals surface area contributed by atoms with E-state index in [1.54, 1.807) is 4.90 Å². The SMILES string of the molecule is COC(=O)C(c1ccc(F)cc1C(F)(F)F)n1cnc2c1CCN(c1cnn(C3CCCCO3)c(=O)c1Cl)C2. The number of alkyl halides is 3. The topological polar surface area (TPSA) is 91.5 Å². The molecule has 2 atom stereocenters. The van der Waals surface area contributed by atoms with Gasteiger partial charge < -0.3 is 18.9 Å². The number of fused-ring (bicyclic) bond motifs is 1. The Morgan fingerprint density at radius 2 is 2.08 bits per heavy atom. The molecule has 0 N–H and O–H groups in total. The van der Waals surface area contributed by atoms with Crippen LogP contribution in [-0.4, -0.2) is 45.6 Å². The number of halogens is 5. The molecule has 2 aliphatic heterocycles. The van der Waals surface area contributed by atoms with Crippen molar-refractivity contribution in [2.45, 2.75) is 50.7 Å². The van der Waals surface area contributed by atoms with Crippen LogP contribution in [0.25, 0.3) is 0 Å². The van der Waals surface area contributed by atoms with E-state index < -0.39 is 46.9 Å². The molecule has 208 valence electrons. The molecule has 1 fully saturated rings. The largest absolute Gasteiger partial charge is 0.467 e. The van der Waals surface area contributed by atoms with Gasteiger partial charge in [-0.3, -0.25) is 4.79 Å². The Bertz CT molecular complexity index is 1450. The Hall–Kier alpha value is -3.45. The van der Waals surface area contributed by atoms with Gasteiger partial charge in [-0.15, -0.1) is 0 Å². The average Bonchev–Trinajstić information content (AvgIpc) is 3.33. The predicted octanol–water partition coefficient (Wildman–Crippen LogP) is 4.28. The summed E-state index contributed by atoms with van der Waals surface area (Å²) in [6.07, 6.45) is 0.0832. The van der Waals surface area contributed by atoms with Gasteiger partial charge in [-0.25, -0.2) is 14.2 Å². The molecule has 5 rings (SSSR count). The summed E-state index contributed by atoms with van der Waals surface area (Å²) in [6, 6.07) is 0.602. The number of imidazole rings is 1. The van der Waals surface area contributed by atoms with Gasteiger partial charge in [0.25, 0.3) is 5.56 Å². The maximum atomic E-state index is 13.8. The first-order valence-corrected chi connectivity index (χ1v) is 12.6. The number of rotatable bonds is 5. The van der Waals surface area contributed by atoms with E-state index in [4.69, 9.17) is 21.1 Å². The van der Waals surface area contributed by atoms with Crippen LogP contribution in [0.2, 0.25) is 5.02 Å². The van der Waals surface area contributed by atoms with Gasteiger partial charge in [-0.1, -0.05) is 17.7 Å². The van der Waals surface area contributed by atoms with Crippen LogP contribution >= 0.6 is 11.6 Å². The van der Waals surface area contributed by atoms with E-state index in [1.165, 1.54) is 21.8 Å². The zero-order valence-electron chi connectivity index (χ0n) is 20.8. The molecule has 0 radical (unpaired) electrons. The molecule has 0 bridgehead atoms.